The Kier molecular flexibility index (Phi) is 31.4. The third-order valence-corrected chi connectivity index (χ3v) is 30.3. The van der Waals surface area contributed by atoms with Gasteiger partial charge in [0.05, 0.1) is 65.8 Å². The molecule has 33 heteroatoms. The highest BCUT2D eigenvalue weighted by Gasteiger charge is 2.71. The predicted octanol–water partition coefficient (Wildman–Crippen LogP) is 6.95. The van der Waals surface area contributed by atoms with Gasteiger partial charge in [0, 0.05) is 36.7 Å². The molecular formula is C75H130B4ClF3N4O19S2-2. The summed E-state index contributed by atoms with van der Waals surface area (Å²) in [5.41, 5.74) is 6.46. The molecule has 16 fully saturated rings. The Morgan fingerprint density at radius 2 is 0.833 bits per heavy atom. The Labute approximate surface area is 650 Å². The molecule has 4 unspecified atom stereocenters. The van der Waals surface area contributed by atoms with Gasteiger partial charge in [-0.25, -0.2) is 26.3 Å². The van der Waals surface area contributed by atoms with Gasteiger partial charge in [0.25, 0.3) is 0 Å². The van der Waals surface area contributed by atoms with Crippen molar-refractivity contribution >= 4 is 77.8 Å². The number of sulfonamides is 2. The van der Waals surface area contributed by atoms with Gasteiger partial charge in [-0.2, -0.15) is 13.2 Å². The van der Waals surface area contributed by atoms with Crippen LogP contribution in [-0.4, -0.2) is 175 Å². The molecular weight excluding hydrogens is 1460 g/mol. The quantitative estimate of drug-likeness (QED) is 0.0409. The Hall–Kier alpha value is -2.29. The fraction of sp³-hybridized carbons (Fsp3) is 0.933. The van der Waals surface area contributed by atoms with Crippen molar-refractivity contribution in [1.82, 2.24) is 14.8 Å². The number of carbonyl (C=O) groups excluding carboxylic acids is 4. The van der Waals surface area contributed by atoms with Gasteiger partial charge in [-0.1, -0.05) is 126 Å². The van der Waals surface area contributed by atoms with Crippen molar-refractivity contribution < 1.29 is 115 Å². The number of likely N-dealkylation sites (N-methyl/N-ethyl adjacent to an activating group) is 1. The van der Waals surface area contributed by atoms with E-state index >= 15 is 0 Å². The minimum Gasteiger partial charge on any atom is -1.00 e. The van der Waals surface area contributed by atoms with Gasteiger partial charge >= 0.3 is 40.6 Å². The Morgan fingerprint density at radius 3 is 1.10 bits per heavy atom. The van der Waals surface area contributed by atoms with E-state index in [9.17, 15) is 59.2 Å². The molecule has 13 aliphatic carbocycles. The third-order valence-electron chi connectivity index (χ3n) is 28.8. The Balaban J connectivity index is 0.000000190. The molecule has 0 aromatic heterocycles. The van der Waals surface area contributed by atoms with Crippen LogP contribution >= 0.6 is 0 Å². The zero-order valence-electron chi connectivity index (χ0n) is 67.4. The molecule has 6 bridgehead atoms. The number of ketones is 3. The number of rotatable bonds is 27. The van der Waals surface area contributed by atoms with E-state index in [1.165, 1.54) is 96.8 Å². The number of alkyl halides is 3. The van der Waals surface area contributed by atoms with Crippen LogP contribution in [0.25, 0.3) is 0 Å². The van der Waals surface area contributed by atoms with Crippen molar-refractivity contribution in [2.75, 3.05) is 19.6 Å². The number of nitrogens with one attached hydrogen (secondary N) is 3. The SMILES string of the molecule is CC(N)C(=O)C[C@@H](CC1CCC1)B1O[C@@H]2C[C@@H]3C[C@@H](C3(C)C)[C@]2(C)O1.CC(NS(C)(=O)=O)C(=O)C[C@@H](CC1CCC1)B(O)O.CC(NS(C)(=O)=O)C(=O)C[C@@H](CC1CCC1)B1O[C@@H]2C[C@@H]3C[C@@H](C3(C)C)[C@]2(C)O1.CNC(C)C(=O)O.C[C@@H](CC1CCC1)B1O[C@@H]2C[C@@H]3C[C@@H](C3(C)C)[C@]2(C)O1.O=C([O-])C(F)(F)F.[Cl-]. The molecule has 0 aromatic carbocycles. The van der Waals surface area contributed by atoms with Gasteiger partial charge < -0.3 is 76.4 Å². The summed E-state index contributed by atoms with van der Waals surface area (Å²) in [6.07, 6.45) is 24.5. The first kappa shape index (κ1) is 92.9. The summed E-state index contributed by atoms with van der Waals surface area (Å²) in [7, 11) is -7.31. The zero-order chi connectivity index (χ0) is 79.9. The molecule has 3 aliphatic heterocycles. The summed E-state index contributed by atoms with van der Waals surface area (Å²) in [5.74, 6) is 2.93. The number of nitrogens with two attached hydrogens (primary N) is 1. The minimum absolute atomic E-state index is 0. The average molecular weight is 1590 g/mol. The number of hydrogen-bond donors (Lipinski definition) is 7. The molecule has 0 amide bonds. The summed E-state index contributed by atoms with van der Waals surface area (Å²) in [5, 5.41) is 38.1. The maximum absolute atomic E-state index is 12.8. The normalized spacial score (nSPS) is 33.6. The number of halogens is 4. The number of hydrogen-bond acceptors (Lipinski definition) is 20. The Bertz CT molecular complexity index is 3300. The van der Waals surface area contributed by atoms with Crippen LogP contribution < -0.4 is 38.0 Å². The maximum Gasteiger partial charge on any atom is 0.461 e. The van der Waals surface area contributed by atoms with Crippen molar-refractivity contribution in [3.63, 3.8) is 0 Å². The second-order valence-corrected chi connectivity index (χ2v) is 41.0. The van der Waals surface area contributed by atoms with Crippen LogP contribution in [0.2, 0.25) is 23.3 Å². The molecule has 16 aliphatic rings. The first-order valence-electron chi connectivity index (χ1n) is 40.2. The van der Waals surface area contributed by atoms with Gasteiger partial charge in [-0.15, -0.1) is 0 Å². The molecule has 618 valence electrons. The first-order valence-corrected chi connectivity index (χ1v) is 43.9. The molecule has 0 spiro atoms. The van der Waals surface area contributed by atoms with E-state index in [0.717, 1.165) is 81.1 Å². The summed E-state index contributed by atoms with van der Waals surface area (Å²) in [6, 6.07) is -2.38. The van der Waals surface area contributed by atoms with Gasteiger partial charge in [0.15, 0.2) is 0 Å². The van der Waals surface area contributed by atoms with Crippen LogP contribution in [0.5, 0.6) is 0 Å². The van der Waals surface area contributed by atoms with E-state index in [2.05, 4.69) is 84.0 Å². The molecule has 8 N–H and O–H groups in total. The number of aliphatic carboxylic acids is 2. The standard InChI is InChI=1S/C21H36BNO5S.C20H34BNO3.C17H29BO2.C11H22BNO5S.C4H9NO2.C2HF3O2.ClH/c1-13(23-29(5,25)26)17(24)12-16(9-14-7-6-8-14)22-27-19-11-15-10-18(20(15,2)3)21(19,4)28-22;1-12(22)16(23)11-15(8-13-6-5-7-13)21-24-18-10-14-9-17(19(14,2)3)20(18,4)25-21;1-11(8-12-6-5-7-12)18-19-15-10-13-9-14(16(13,2)3)17(15,4)20-18;1-8(13-19(2,17)18)11(14)7-10(12(15)16)6-9-4-3-5-9;1-3(5-2)4(6)7;3-2(4,5)1(6)7;/h13-16,18-19,23H,6-12H2,1-5H3;12-15,17-18H,5-11,22H2,1-4H3;11-15H,5-10H2,1-4H3;8-10,13,15-16H,3-7H2,1-2H3;3,5H,1-2H3,(H,6,7);(H,6,7);1H/p-2/t13?,15-,16+,18-,19+,21-;12?,14-,15+,17-,18+,20-;11-,13-,14-,15+,17-;8?,10-;;;/m0001.../s1. The molecule has 3 saturated heterocycles. The van der Waals surface area contributed by atoms with E-state index < -0.39 is 75.3 Å². The Morgan fingerprint density at radius 1 is 0.528 bits per heavy atom. The number of carbonyl (C=O) groups is 5. The van der Waals surface area contributed by atoms with Crippen LogP contribution in [0.15, 0.2) is 0 Å². The molecule has 0 radical (unpaired) electrons. The van der Waals surface area contributed by atoms with Crippen LogP contribution in [0.3, 0.4) is 0 Å². The largest absolute Gasteiger partial charge is 1.00 e. The van der Waals surface area contributed by atoms with E-state index in [-0.39, 0.29) is 104 Å². The van der Waals surface area contributed by atoms with Crippen LogP contribution in [0.4, 0.5) is 13.2 Å². The fourth-order valence-electron chi connectivity index (χ4n) is 20.3. The second-order valence-electron chi connectivity index (χ2n) is 37.5. The first-order chi connectivity index (χ1) is 49.3. The van der Waals surface area contributed by atoms with Gasteiger partial charge in [-0.3, -0.25) is 19.2 Å². The van der Waals surface area contributed by atoms with E-state index in [4.69, 9.17) is 48.7 Å². The van der Waals surface area contributed by atoms with Crippen molar-refractivity contribution in [1.29, 1.82) is 0 Å². The topological polar surface area (TPSA) is 355 Å². The molecule has 23 nitrogen and oxygen atoms in total. The maximum atomic E-state index is 12.8. The highest BCUT2D eigenvalue weighted by Crippen LogP contribution is 2.69. The van der Waals surface area contributed by atoms with E-state index in [1.54, 1.807) is 27.8 Å². The monoisotopic (exact) mass is 1590 g/mol. The molecule has 3 heterocycles. The van der Waals surface area contributed by atoms with Crippen molar-refractivity contribution in [2.45, 2.75) is 346 Å². The number of carboxylic acid groups (broad SMARTS) is 2. The van der Waals surface area contributed by atoms with Crippen LogP contribution in [0, 0.1) is 75.4 Å². The van der Waals surface area contributed by atoms with Crippen molar-refractivity contribution in [2.24, 2.45) is 81.2 Å². The summed E-state index contributed by atoms with van der Waals surface area (Å²) in [6.45, 7) is 29.9. The third kappa shape index (κ3) is 22.1. The lowest BCUT2D eigenvalue weighted by Crippen LogP contribution is -3.00. The lowest BCUT2D eigenvalue weighted by Gasteiger charge is -2.64. The van der Waals surface area contributed by atoms with Crippen LogP contribution in [-0.2, 0) is 71.9 Å². The van der Waals surface area contributed by atoms with Gasteiger partial charge in [-0.05, 0) is 201 Å². The molecule has 108 heavy (non-hydrogen) atoms. The van der Waals surface area contributed by atoms with Crippen molar-refractivity contribution in [3.8, 4) is 0 Å². The lowest BCUT2D eigenvalue weighted by atomic mass is 9.43. The van der Waals surface area contributed by atoms with E-state index in [1.807, 2.05) is 0 Å². The smallest absolute Gasteiger partial charge is 0.461 e. The van der Waals surface area contributed by atoms with Crippen LogP contribution in [0.1, 0.15) is 257 Å². The zero-order valence-corrected chi connectivity index (χ0v) is 69.8. The molecule has 13 saturated carbocycles. The number of carboxylic acids is 2. The molecule has 16 rings (SSSR count). The highest BCUT2D eigenvalue weighted by molar-refractivity contribution is 7.89. The van der Waals surface area contributed by atoms with E-state index in [0.29, 0.717) is 77.5 Å². The average Bonchev–Trinajstić information content (AvgIpc) is 1.43. The highest BCUT2D eigenvalue weighted by atomic mass is 35.5. The van der Waals surface area contributed by atoms with Crippen molar-refractivity contribution in [3.05, 3.63) is 0 Å². The lowest BCUT2D eigenvalue weighted by molar-refractivity contribution is -0.344. The summed E-state index contributed by atoms with van der Waals surface area (Å²) >= 11 is 0. The minimum atomic E-state index is -5.19. The molecule has 20 atom stereocenters. The second kappa shape index (κ2) is 36.5. The fourth-order valence-corrected chi connectivity index (χ4v) is 21.8. The van der Waals surface area contributed by atoms with Gasteiger partial charge in [0.2, 0.25) is 20.0 Å². The number of Topliss-reactive ketones (excluding diaryl/α,β-unsaturated/α-hetero) is 3. The summed E-state index contributed by atoms with van der Waals surface area (Å²) < 4.78 is 120. The predicted molar refractivity (Wildman–Crippen MR) is 404 cm³/mol. The molecule has 0 aromatic rings. The summed E-state index contributed by atoms with van der Waals surface area (Å²) in [4.78, 5) is 55.7. The van der Waals surface area contributed by atoms with Gasteiger partial charge in [0.1, 0.15) is 29.4 Å².